The number of aromatic amines is 1. The number of rotatable bonds is 5. The molecule has 1 saturated carbocycles. The van der Waals surface area contributed by atoms with E-state index in [1.54, 1.807) is 24.3 Å². The van der Waals surface area contributed by atoms with E-state index in [1.807, 2.05) is 48.5 Å². The first-order valence-electron chi connectivity index (χ1n) is 9.94. The Morgan fingerprint density at radius 1 is 0.900 bits per heavy atom. The average molecular weight is 396 g/mol. The smallest absolute Gasteiger partial charge is 0.255 e. The Balaban J connectivity index is 1.39. The molecule has 0 aliphatic heterocycles. The summed E-state index contributed by atoms with van der Waals surface area (Å²) in [5.74, 6) is 0.569. The van der Waals surface area contributed by atoms with Gasteiger partial charge in [-0.25, -0.2) is 4.98 Å². The Kier molecular flexibility index (Phi) is 4.52. The van der Waals surface area contributed by atoms with Crippen molar-refractivity contribution >= 4 is 34.2 Å². The number of fused-ring (bicyclic) bond motifs is 1. The van der Waals surface area contributed by atoms with Gasteiger partial charge in [0.2, 0.25) is 5.91 Å². The summed E-state index contributed by atoms with van der Waals surface area (Å²) in [6, 6.07) is 22.3. The summed E-state index contributed by atoms with van der Waals surface area (Å²) in [6.07, 6.45) is 1.87. The van der Waals surface area contributed by atoms with Gasteiger partial charge in [-0.1, -0.05) is 30.3 Å². The Bertz CT molecular complexity index is 1220. The van der Waals surface area contributed by atoms with Crippen molar-refractivity contribution in [2.45, 2.75) is 12.8 Å². The van der Waals surface area contributed by atoms with Crippen molar-refractivity contribution < 1.29 is 9.59 Å². The zero-order chi connectivity index (χ0) is 20.5. The zero-order valence-electron chi connectivity index (χ0n) is 16.2. The first kappa shape index (κ1) is 18.1. The molecule has 1 aliphatic carbocycles. The van der Waals surface area contributed by atoms with Crippen LogP contribution >= 0.6 is 0 Å². The number of benzene rings is 3. The highest BCUT2D eigenvalue weighted by Gasteiger charge is 2.29. The van der Waals surface area contributed by atoms with Gasteiger partial charge in [-0.15, -0.1) is 0 Å². The summed E-state index contributed by atoms with van der Waals surface area (Å²) in [5.41, 5.74) is 4.38. The van der Waals surface area contributed by atoms with Gasteiger partial charge in [0, 0.05) is 22.7 Å². The molecule has 0 spiro atoms. The molecular formula is C24H20N4O2. The van der Waals surface area contributed by atoms with Crippen molar-refractivity contribution in [2.24, 2.45) is 5.92 Å². The second-order valence-corrected chi connectivity index (χ2v) is 7.45. The molecule has 1 fully saturated rings. The third kappa shape index (κ3) is 3.67. The molecule has 1 heterocycles. The van der Waals surface area contributed by atoms with E-state index >= 15 is 0 Å². The molecule has 0 radical (unpaired) electrons. The maximum absolute atomic E-state index is 12.9. The van der Waals surface area contributed by atoms with Crippen LogP contribution in [0.2, 0.25) is 0 Å². The number of aromatic nitrogens is 2. The van der Waals surface area contributed by atoms with Crippen molar-refractivity contribution in [3.8, 4) is 11.4 Å². The van der Waals surface area contributed by atoms with Crippen LogP contribution in [-0.2, 0) is 4.79 Å². The summed E-state index contributed by atoms with van der Waals surface area (Å²) >= 11 is 0. The van der Waals surface area contributed by atoms with E-state index in [1.165, 1.54) is 0 Å². The van der Waals surface area contributed by atoms with Gasteiger partial charge in [0.25, 0.3) is 5.91 Å². The predicted octanol–water partition coefficient (Wildman–Crippen LogP) is 4.83. The van der Waals surface area contributed by atoms with Crippen LogP contribution in [-0.4, -0.2) is 21.8 Å². The number of para-hydroxylation sites is 3. The van der Waals surface area contributed by atoms with Crippen molar-refractivity contribution in [3.05, 3.63) is 78.4 Å². The highest BCUT2D eigenvalue weighted by atomic mass is 16.2. The molecule has 0 atom stereocenters. The van der Waals surface area contributed by atoms with Crippen LogP contribution < -0.4 is 10.6 Å². The molecule has 4 aromatic rings. The lowest BCUT2D eigenvalue weighted by Gasteiger charge is -2.11. The molecule has 5 rings (SSSR count). The molecule has 1 aliphatic rings. The molecular weight excluding hydrogens is 376 g/mol. The molecule has 0 saturated heterocycles. The van der Waals surface area contributed by atoms with Crippen LogP contribution in [0.25, 0.3) is 22.4 Å². The molecule has 0 unspecified atom stereocenters. The first-order chi connectivity index (χ1) is 14.7. The van der Waals surface area contributed by atoms with E-state index in [9.17, 15) is 9.59 Å². The van der Waals surface area contributed by atoms with E-state index in [0.717, 1.165) is 29.4 Å². The minimum Gasteiger partial charge on any atom is -0.338 e. The van der Waals surface area contributed by atoms with E-state index in [4.69, 9.17) is 0 Å². The molecule has 3 N–H and O–H groups in total. The van der Waals surface area contributed by atoms with Gasteiger partial charge < -0.3 is 15.6 Å². The topological polar surface area (TPSA) is 86.9 Å². The quantitative estimate of drug-likeness (QED) is 0.451. The number of hydrogen-bond donors (Lipinski definition) is 3. The Labute approximate surface area is 173 Å². The monoisotopic (exact) mass is 396 g/mol. The fourth-order valence-corrected chi connectivity index (χ4v) is 3.40. The van der Waals surface area contributed by atoms with Crippen LogP contribution in [0.4, 0.5) is 11.4 Å². The van der Waals surface area contributed by atoms with E-state index < -0.39 is 0 Å². The number of imidazole rings is 1. The number of amides is 2. The van der Waals surface area contributed by atoms with E-state index in [-0.39, 0.29) is 17.7 Å². The molecule has 3 aromatic carbocycles. The van der Waals surface area contributed by atoms with Gasteiger partial charge in [0.15, 0.2) is 0 Å². The number of H-pyrrole nitrogens is 1. The summed E-state index contributed by atoms with van der Waals surface area (Å²) in [4.78, 5) is 32.8. The number of carbonyl (C=O) groups is 2. The number of nitrogens with zero attached hydrogens (tertiary/aromatic N) is 1. The first-order valence-corrected chi connectivity index (χ1v) is 9.94. The number of nitrogens with one attached hydrogen (secondary N) is 3. The Hall–Kier alpha value is -3.93. The Morgan fingerprint density at radius 3 is 2.53 bits per heavy atom. The lowest BCUT2D eigenvalue weighted by molar-refractivity contribution is -0.117. The zero-order valence-corrected chi connectivity index (χ0v) is 16.2. The SMILES string of the molecule is O=C(Nc1ccccc1-c1nc2ccccc2[nH]1)c1cccc(NC(=O)C2CC2)c1. The molecule has 6 nitrogen and oxygen atoms in total. The third-order valence-electron chi connectivity index (χ3n) is 5.16. The average Bonchev–Trinajstić information content (AvgIpc) is 3.53. The van der Waals surface area contributed by atoms with Crippen LogP contribution in [0.15, 0.2) is 72.8 Å². The van der Waals surface area contributed by atoms with E-state index in [2.05, 4.69) is 20.6 Å². The van der Waals surface area contributed by atoms with Gasteiger partial charge in [0.05, 0.1) is 16.7 Å². The van der Waals surface area contributed by atoms with Crippen molar-refractivity contribution in [1.82, 2.24) is 9.97 Å². The predicted molar refractivity (Wildman–Crippen MR) is 117 cm³/mol. The third-order valence-corrected chi connectivity index (χ3v) is 5.16. The van der Waals surface area contributed by atoms with Gasteiger partial charge in [0.1, 0.15) is 5.82 Å². The highest BCUT2D eigenvalue weighted by molar-refractivity contribution is 6.07. The van der Waals surface area contributed by atoms with Crippen LogP contribution in [0.5, 0.6) is 0 Å². The summed E-state index contributed by atoms with van der Waals surface area (Å²) in [5, 5.41) is 5.85. The lowest BCUT2D eigenvalue weighted by Crippen LogP contribution is -2.15. The molecule has 6 heteroatoms. The Morgan fingerprint density at radius 2 is 1.70 bits per heavy atom. The van der Waals surface area contributed by atoms with Gasteiger partial charge in [-0.2, -0.15) is 0 Å². The second kappa shape index (κ2) is 7.48. The standard InChI is InChI=1S/C24H20N4O2/c29-23(15-12-13-15)25-17-7-5-6-16(14-17)24(30)28-19-9-2-1-8-18(19)22-26-20-10-3-4-11-21(20)27-22/h1-11,14-15H,12-13H2,(H,25,29)(H,26,27)(H,28,30). The molecule has 148 valence electrons. The largest absolute Gasteiger partial charge is 0.338 e. The summed E-state index contributed by atoms with van der Waals surface area (Å²) in [7, 11) is 0. The van der Waals surface area contributed by atoms with Gasteiger partial charge in [-0.05, 0) is 55.3 Å². The van der Waals surface area contributed by atoms with Crippen LogP contribution in [0.1, 0.15) is 23.2 Å². The van der Waals surface area contributed by atoms with Gasteiger partial charge in [-0.3, -0.25) is 9.59 Å². The maximum Gasteiger partial charge on any atom is 0.255 e. The lowest BCUT2D eigenvalue weighted by atomic mass is 10.1. The molecule has 2 amide bonds. The van der Waals surface area contributed by atoms with Crippen LogP contribution in [0.3, 0.4) is 0 Å². The summed E-state index contributed by atoms with van der Waals surface area (Å²) < 4.78 is 0. The number of carbonyl (C=O) groups excluding carboxylic acids is 2. The fraction of sp³-hybridized carbons (Fsp3) is 0.125. The second-order valence-electron chi connectivity index (χ2n) is 7.45. The normalized spacial score (nSPS) is 13.2. The minimum absolute atomic E-state index is 0.0165. The van der Waals surface area contributed by atoms with Gasteiger partial charge >= 0.3 is 0 Å². The number of hydrogen-bond acceptors (Lipinski definition) is 3. The summed E-state index contributed by atoms with van der Waals surface area (Å²) in [6.45, 7) is 0. The van der Waals surface area contributed by atoms with Crippen LogP contribution in [0, 0.1) is 5.92 Å². The van der Waals surface area contributed by atoms with Crippen molar-refractivity contribution in [3.63, 3.8) is 0 Å². The van der Waals surface area contributed by atoms with E-state index in [0.29, 0.717) is 22.8 Å². The number of anilines is 2. The highest BCUT2D eigenvalue weighted by Crippen LogP contribution is 2.31. The van der Waals surface area contributed by atoms with Crippen molar-refractivity contribution in [1.29, 1.82) is 0 Å². The minimum atomic E-state index is -0.249. The maximum atomic E-state index is 12.9. The molecule has 1 aromatic heterocycles. The fourth-order valence-electron chi connectivity index (χ4n) is 3.40. The molecule has 0 bridgehead atoms. The van der Waals surface area contributed by atoms with Crippen molar-refractivity contribution in [2.75, 3.05) is 10.6 Å². The molecule has 30 heavy (non-hydrogen) atoms.